The Bertz CT molecular complexity index is 2790. The van der Waals surface area contributed by atoms with E-state index in [4.69, 9.17) is 69.2 Å². The standard InChI is InChI=1S/C45H26P2S.C14H16N2.2ClH.Ru/c1-5-9-13-21-33-46(34-22-14-10-6-2)41-31-29-37-25-17-19-27-39(37)43(41)45(48)44-40-28-20-18-26-38(40)30-32-42(44)47(35-23-15-11-7-3)36-24-16-12-8-4;15-13(11-7-3-1-4-8-11)14(16)12-9-5-2-6-10-12;;;/h1-4,29-32,45,48H,17-20,25-28H2;1-10,13-14H,15-16H2;2*1H;/q;;;;+4. The van der Waals surface area contributed by atoms with Crippen molar-refractivity contribution in [1.29, 1.82) is 0 Å². The number of benzene rings is 4. The second-order valence-corrected chi connectivity index (χ2v) is 21.1. The number of hydrogen-bond donors (Lipinski definition) is 3. The molecule has 0 fully saturated rings. The third-order valence-corrected chi connectivity index (χ3v) is 14.5. The Balaban J connectivity index is 0.000000427. The monoisotopic (exact) mass is 1050 g/mol. The summed E-state index contributed by atoms with van der Waals surface area (Å²) in [7, 11) is 6.06. The van der Waals surface area contributed by atoms with E-state index in [0.717, 1.165) is 84.2 Å². The van der Waals surface area contributed by atoms with Crippen LogP contribution in [0, 0.1) is 143 Å². The molecule has 0 heterocycles. The van der Waals surface area contributed by atoms with E-state index in [1.54, 1.807) is 0 Å². The van der Waals surface area contributed by atoms with Crippen LogP contribution in [-0.2, 0) is 40.8 Å². The zero-order chi connectivity index (χ0) is 48.1. The van der Waals surface area contributed by atoms with E-state index in [2.05, 4.69) is 142 Å². The first kappa shape index (κ1) is 53.5. The van der Waals surface area contributed by atoms with Gasteiger partial charge in [0, 0.05) is 70.6 Å². The van der Waals surface area contributed by atoms with E-state index < -0.39 is 15.8 Å². The summed E-state index contributed by atoms with van der Waals surface area (Å²) in [6.07, 6.45) is 29.8. The molecule has 0 saturated carbocycles. The second kappa shape index (κ2) is 31.0. The van der Waals surface area contributed by atoms with Crippen molar-refractivity contribution in [3.05, 3.63) is 129 Å². The van der Waals surface area contributed by atoms with Crippen LogP contribution in [0.4, 0.5) is 0 Å². The maximum absolute atomic E-state index is 6.15. The van der Waals surface area contributed by atoms with Gasteiger partial charge >= 0.3 is 34.5 Å². The molecule has 4 N–H and O–H groups in total. The maximum atomic E-state index is 6.15. The molecule has 0 saturated heterocycles. The average Bonchev–Trinajstić information content (AvgIpc) is 3.37. The van der Waals surface area contributed by atoms with Gasteiger partial charge in [-0.25, -0.2) is 0 Å². The van der Waals surface area contributed by atoms with Crippen molar-refractivity contribution in [2.75, 3.05) is 0 Å². The Kier molecular flexibility index (Phi) is 24.8. The summed E-state index contributed by atoms with van der Waals surface area (Å²) in [5.74, 6) is 42.4. The molecule has 0 spiro atoms. The first-order valence-electron chi connectivity index (χ1n) is 20.9. The summed E-state index contributed by atoms with van der Waals surface area (Å²) in [4.78, 5) is 0. The molecular weight excluding hydrogens is 1000 g/mol. The van der Waals surface area contributed by atoms with E-state index in [1.165, 1.54) is 22.3 Å². The molecule has 4 aromatic rings. The van der Waals surface area contributed by atoms with Crippen LogP contribution in [0.5, 0.6) is 0 Å². The van der Waals surface area contributed by atoms with Gasteiger partial charge in [-0.1, -0.05) is 72.8 Å². The summed E-state index contributed by atoms with van der Waals surface area (Å²) in [5, 5.41) is 1.84. The van der Waals surface area contributed by atoms with Crippen LogP contribution in [0.2, 0.25) is 0 Å². The van der Waals surface area contributed by atoms with Gasteiger partial charge in [-0.05, 0) is 144 Å². The minimum atomic E-state index is -1.83. The van der Waals surface area contributed by atoms with Gasteiger partial charge in [0.1, 0.15) is 33.3 Å². The van der Waals surface area contributed by atoms with Crippen molar-refractivity contribution in [1.82, 2.24) is 0 Å². The third kappa shape index (κ3) is 16.6. The molecule has 2 atom stereocenters. The quantitative estimate of drug-likeness (QED) is 0.0749. The van der Waals surface area contributed by atoms with Crippen LogP contribution < -0.4 is 22.1 Å². The fourth-order valence-electron chi connectivity index (χ4n) is 7.66. The van der Waals surface area contributed by atoms with Gasteiger partial charge in [-0.3, -0.25) is 0 Å². The Hall–Kier alpha value is -6.07. The van der Waals surface area contributed by atoms with Crippen molar-refractivity contribution < 1.29 is 15.1 Å². The number of rotatable bonds is 7. The molecule has 2 nitrogen and oxygen atoms in total. The fourth-order valence-corrected chi connectivity index (χ4v) is 11.5. The molecule has 2 aliphatic carbocycles. The van der Waals surface area contributed by atoms with Crippen molar-refractivity contribution >= 4 is 58.5 Å². The molecule has 0 amide bonds. The van der Waals surface area contributed by atoms with Gasteiger partial charge < -0.3 is 11.5 Å². The number of halogens is 2. The fraction of sp³-hybridized carbons (Fsp3) is 0.186. The van der Waals surface area contributed by atoms with Crippen molar-refractivity contribution in [3.63, 3.8) is 0 Å². The Morgan fingerprint density at radius 1 is 0.463 bits per heavy atom. The molecule has 0 bridgehead atoms. The molecule has 2 unspecified atom stereocenters. The summed E-state index contributed by atoms with van der Waals surface area (Å²) >= 11 is 5.18. The van der Waals surface area contributed by atoms with Crippen LogP contribution in [-0.4, -0.2) is 0 Å². The van der Waals surface area contributed by atoms with Gasteiger partial charge in [0.05, 0.1) is 5.25 Å². The van der Waals surface area contributed by atoms with Crippen molar-refractivity contribution in [2.45, 2.75) is 68.7 Å². The number of fused-ring (bicyclic) bond motifs is 2. The van der Waals surface area contributed by atoms with E-state index in [1.807, 2.05) is 60.7 Å². The van der Waals surface area contributed by atoms with Gasteiger partial charge in [-0.2, -0.15) is 12.6 Å². The SMILES string of the molecule is C#CC#CC#C[PH+](C#CC#CC#C)c1ccc2c(c1C(S)c1c([PH+](C#CC#CC#C)C#CC#CC#C)ccc3c1CCCC3)CCCC2.NC(c1ccccc1)C(N)c1ccccc1.[Cl][Ru+2][Cl]. The Morgan fingerprint density at radius 2 is 0.776 bits per heavy atom. The van der Waals surface area contributed by atoms with Crippen LogP contribution in [0.15, 0.2) is 84.9 Å². The number of nitrogens with two attached hydrogens (primary N) is 2. The topological polar surface area (TPSA) is 52.0 Å². The summed E-state index contributed by atoms with van der Waals surface area (Å²) < 4.78 is 0. The van der Waals surface area contributed by atoms with E-state index in [-0.39, 0.29) is 32.5 Å². The molecule has 0 radical (unpaired) electrons. The normalized spacial score (nSPS) is 11.7. The molecule has 6 rings (SSSR count). The summed E-state index contributed by atoms with van der Waals surface area (Å²) in [6, 6.07) is 28.4. The second-order valence-electron chi connectivity index (χ2n) is 14.4. The number of aryl methyl sites for hydroxylation is 2. The molecule has 324 valence electrons. The van der Waals surface area contributed by atoms with Crippen molar-refractivity contribution in [3.8, 4) is 143 Å². The third-order valence-electron chi connectivity index (χ3n) is 10.5. The van der Waals surface area contributed by atoms with Gasteiger partial charge in [0.25, 0.3) is 0 Å². The zero-order valence-corrected chi connectivity index (χ0v) is 42.6. The first-order chi connectivity index (χ1) is 32.8. The van der Waals surface area contributed by atoms with E-state index in [0.29, 0.717) is 0 Å². The average molecular weight is 1050 g/mol. The van der Waals surface area contributed by atoms with E-state index in [9.17, 15) is 0 Å². The Labute approximate surface area is 423 Å². The molecule has 4 aromatic carbocycles. The Morgan fingerprint density at radius 3 is 1.09 bits per heavy atom. The van der Waals surface area contributed by atoms with Crippen LogP contribution in [0.25, 0.3) is 0 Å². The van der Waals surface area contributed by atoms with Crippen LogP contribution in [0.1, 0.15) is 87.5 Å². The number of hydrogen-bond acceptors (Lipinski definition) is 3. The minimum absolute atomic E-state index is 0.163. The van der Waals surface area contributed by atoms with E-state index >= 15 is 0 Å². The predicted octanol–water partition coefficient (Wildman–Crippen LogP) is 9.30. The van der Waals surface area contributed by atoms with Crippen LogP contribution >= 0.6 is 47.9 Å². The van der Waals surface area contributed by atoms with Gasteiger partial charge in [-0.15, -0.1) is 25.7 Å². The zero-order valence-electron chi connectivity index (χ0n) is 36.5. The molecule has 67 heavy (non-hydrogen) atoms. The first-order valence-corrected chi connectivity index (χ1v) is 28.9. The number of thiol groups is 1. The van der Waals surface area contributed by atoms with Crippen molar-refractivity contribution in [2.24, 2.45) is 11.5 Å². The molecular formula is C59H44Cl2N2P2RuS+4. The number of terminal acetylenes is 4. The molecule has 0 aliphatic heterocycles. The molecule has 8 heteroatoms. The summed E-state index contributed by atoms with van der Waals surface area (Å²) in [5.41, 5.74) is 35.4. The van der Waals surface area contributed by atoms with Gasteiger partial charge in [0.2, 0.25) is 0 Å². The summed E-state index contributed by atoms with van der Waals surface area (Å²) in [6.45, 7) is 0. The molecule has 0 aromatic heterocycles. The predicted molar refractivity (Wildman–Crippen MR) is 289 cm³/mol. The molecule has 2 aliphatic rings. The van der Waals surface area contributed by atoms with Gasteiger partial charge in [0.15, 0.2) is 15.8 Å². The van der Waals surface area contributed by atoms with Crippen LogP contribution in [0.3, 0.4) is 0 Å².